The number of methoxy groups -OCH3 is 1. The van der Waals surface area contributed by atoms with Crippen LogP contribution >= 0.6 is 11.6 Å². The Morgan fingerprint density at radius 2 is 1.78 bits per heavy atom. The van der Waals surface area contributed by atoms with Gasteiger partial charge in [0, 0.05) is 44.4 Å². The second-order valence-electron chi connectivity index (χ2n) is 9.09. The van der Waals surface area contributed by atoms with Gasteiger partial charge in [-0.2, -0.15) is 0 Å². The highest BCUT2D eigenvalue weighted by atomic mass is 35.5. The van der Waals surface area contributed by atoms with Crippen LogP contribution in [0.3, 0.4) is 0 Å². The Morgan fingerprint density at radius 1 is 1.00 bits per heavy atom. The molecule has 36 heavy (non-hydrogen) atoms. The van der Waals surface area contributed by atoms with Crippen molar-refractivity contribution in [1.82, 2.24) is 15.5 Å². The van der Waals surface area contributed by atoms with Crippen molar-refractivity contribution in [3.05, 3.63) is 101 Å². The number of amides is 1. The molecule has 0 unspecified atom stereocenters. The highest BCUT2D eigenvalue weighted by molar-refractivity contribution is 6.30. The van der Waals surface area contributed by atoms with Gasteiger partial charge in [-0.3, -0.25) is 9.69 Å². The first kappa shape index (κ1) is 26.2. The zero-order valence-corrected chi connectivity index (χ0v) is 21.4. The lowest BCUT2D eigenvalue weighted by atomic mass is 10.1. The molecule has 1 fully saturated rings. The molecule has 1 amide bonds. The van der Waals surface area contributed by atoms with Gasteiger partial charge in [0.25, 0.3) is 0 Å². The third kappa shape index (κ3) is 7.80. The van der Waals surface area contributed by atoms with E-state index in [1.165, 1.54) is 0 Å². The molecule has 4 rings (SSSR count). The van der Waals surface area contributed by atoms with Crippen molar-refractivity contribution in [3.63, 3.8) is 0 Å². The highest BCUT2D eigenvalue weighted by Crippen LogP contribution is 2.23. The predicted octanol–water partition coefficient (Wildman–Crippen LogP) is 4.41. The summed E-state index contributed by atoms with van der Waals surface area (Å²) in [6.45, 7) is 3.69. The summed E-state index contributed by atoms with van der Waals surface area (Å²) in [7, 11) is 1.63. The number of hydrogen-bond acceptors (Lipinski definition) is 5. The van der Waals surface area contributed by atoms with Gasteiger partial charge in [0.2, 0.25) is 5.91 Å². The molecule has 1 aliphatic rings. The van der Waals surface area contributed by atoms with Crippen LogP contribution < -0.4 is 15.4 Å². The molecule has 1 aliphatic heterocycles. The summed E-state index contributed by atoms with van der Waals surface area (Å²) in [6.07, 6.45) is 0.740. The van der Waals surface area contributed by atoms with Gasteiger partial charge in [0.1, 0.15) is 12.4 Å². The molecule has 6 nitrogen and oxygen atoms in total. The number of likely N-dealkylation sites (tertiary alicyclic amines) is 1. The SMILES string of the molecule is COCCNC(=O)[C@@H]1C[C@@H](NCc2cccc(OCc3ccccc3)c2)CN1Cc1cccc(Cl)c1. The molecule has 190 valence electrons. The lowest BCUT2D eigenvalue weighted by molar-refractivity contribution is -0.125. The summed E-state index contributed by atoms with van der Waals surface area (Å²) in [5.74, 6) is 0.886. The van der Waals surface area contributed by atoms with Crippen molar-refractivity contribution >= 4 is 17.5 Å². The first-order valence-corrected chi connectivity index (χ1v) is 12.7. The lowest BCUT2D eigenvalue weighted by Crippen LogP contribution is -2.43. The molecule has 0 spiro atoms. The van der Waals surface area contributed by atoms with Crippen LogP contribution in [0.5, 0.6) is 5.75 Å². The van der Waals surface area contributed by atoms with Gasteiger partial charge in [-0.1, -0.05) is 66.2 Å². The van der Waals surface area contributed by atoms with Crippen LogP contribution in [0.4, 0.5) is 0 Å². The van der Waals surface area contributed by atoms with Gasteiger partial charge in [-0.15, -0.1) is 0 Å². The van der Waals surface area contributed by atoms with E-state index in [0.29, 0.717) is 37.9 Å². The average Bonchev–Trinajstić information content (AvgIpc) is 3.30. The molecule has 3 aromatic rings. The number of ether oxygens (including phenoxy) is 2. The molecule has 0 aliphatic carbocycles. The average molecular weight is 508 g/mol. The zero-order valence-electron chi connectivity index (χ0n) is 20.7. The third-order valence-corrected chi connectivity index (χ3v) is 6.56. The van der Waals surface area contributed by atoms with Crippen molar-refractivity contribution < 1.29 is 14.3 Å². The number of nitrogens with zero attached hydrogens (tertiary/aromatic N) is 1. The number of nitrogens with one attached hydrogen (secondary N) is 2. The quantitative estimate of drug-likeness (QED) is 0.355. The Morgan fingerprint density at radius 3 is 2.58 bits per heavy atom. The Balaban J connectivity index is 1.35. The number of benzene rings is 3. The van der Waals surface area contributed by atoms with E-state index in [0.717, 1.165) is 35.4 Å². The molecular weight excluding hydrogens is 474 g/mol. The molecule has 0 radical (unpaired) electrons. The maximum Gasteiger partial charge on any atom is 0.237 e. The van der Waals surface area contributed by atoms with Crippen LogP contribution in [0, 0.1) is 0 Å². The minimum Gasteiger partial charge on any atom is -0.489 e. The van der Waals surface area contributed by atoms with Crippen LogP contribution in [0.2, 0.25) is 5.02 Å². The molecule has 2 N–H and O–H groups in total. The minimum absolute atomic E-state index is 0.0367. The molecule has 1 saturated heterocycles. The highest BCUT2D eigenvalue weighted by Gasteiger charge is 2.36. The summed E-state index contributed by atoms with van der Waals surface area (Å²) >= 11 is 6.20. The first-order valence-electron chi connectivity index (χ1n) is 12.3. The van der Waals surface area contributed by atoms with Crippen LogP contribution in [-0.2, 0) is 29.2 Å². The van der Waals surface area contributed by atoms with Crippen molar-refractivity contribution in [3.8, 4) is 5.75 Å². The molecule has 2 atom stereocenters. The fourth-order valence-electron chi connectivity index (χ4n) is 4.51. The molecule has 3 aromatic carbocycles. The third-order valence-electron chi connectivity index (χ3n) is 6.33. The second-order valence-corrected chi connectivity index (χ2v) is 9.53. The molecule has 0 bridgehead atoms. The van der Waals surface area contributed by atoms with Crippen molar-refractivity contribution in [1.29, 1.82) is 0 Å². The van der Waals surface area contributed by atoms with Crippen LogP contribution in [0.25, 0.3) is 0 Å². The van der Waals surface area contributed by atoms with Crippen LogP contribution in [0.1, 0.15) is 23.1 Å². The fourth-order valence-corrected chi connectivity index (χ4v) is 4.72. The van der Waals surface area contributed by atoms with Gasteiger partial charge >= 0.3 is 0 Å². The van der Waals surface area contributed by atoms with E-state index in [9.17, 15) is 4.79 Å². The van der Waals surface area contributed by atoms with Crippen molar-refractivity contribution in [2.45, 2.75) is 38.2 Å². The van der Waals surface area contributed by atoms with E-state index >= 15 is 0 Å². The van der Waals surface area contributed by atoms with E-state index < -0.39 is 0 Å². The van der Waals surface area contributed by atoms with Crippen molar-refractivity contribution in [2.24, 2.45) is 0 Å². The molecule has 0 saturated carbocycles. The van der Waals surface area contributed by atoms with Gasteiger partial charge in [-0.25, -0.2) is 0 Å². The van der Waals surface area contributed by atoms with Gasteiger partial charge in [0.15, 0.2) is 0 Å². The second kappa shape index (κ2) is 13.4. The number of carbonyl (C=O) groups is 1. The zero-order chi connectivity index (χ0) is 25.2. The Kier molecular flexibility index (Phi) is 9.76. The Bertz CT molecular complexity index is 1110. The summed E-state index contributed by atoms with van der Waals surface area (Å²) in [5.41, 5.74) is 3.39. The summed E-state index contributed by atoms with van der Waals surface area (Å²) in [5, 5.41) is 7.36. The van der Waals surface area contributed by atoms with Gasteiger partial charge in [0.05, 0.1) is 12.6 Å². The topological polar surface area (TPSA) is 62.8 Å². The largest absolute Gasteiger partial charge is 0.489 e. The van der Waals surface area contributed by atoms with E-state index in [1.807, 2.05) is 54.6 Å². The van der Waals surface area contributed by atoms with E-state index in [1.54, 1.807) is 7.11 Å². The lowest BCUT2D eigenvalue weighted by Gasteiger charge is -2.23. The maximum atomic E-state index is 13.0. The number of rotatable bonds is 12. The molecule has 1 heterocycles. The Hall–Kier alpha value is -2.90. The Labute approximate surface area is 218 Å². The summed E-state index contributed by atoms with van der Waals surface area (Å²) in [6, 6.07) is 26.1. The van der Waals surface area contributed by atoms with Crippen molar-refractivity contribution in [2.75, 3.05) is 26.8 Å². The van der Waals surface area contributed by atoms with Gasteiger partial charge < -0.3 is 20.1 Å². The van der Waals surface area contributed by atoms with E-state index in [2.05, 4.69) is 39.8 Å². The number of halogens is 1. The molecule has 0 aromatic heterocycles. The number of hydrogen-bond donors (Lipinski definition) is 2. The van der Waals surface area contributed by atoms with Crippen LogP contribution in [0.15, 0.2) is 78.9 Å². The predicted molar refractivity (Wildman–Crippen MR) is 143 cm³/mol. The first-order chi connectivity index (χ1) is 17.6. The number of carbonyl (C=O) groups excluding carboxylic acids is 1. The fraction of sp³-hybridized carbons (Fsp3) is 0.345. The maximum absolute atomic E-state index is 13.0. The van der Waals surface area contributed by atoms with Gasteiger partial charge in [-0.05, 0) is 47.4 Å². The summed E-state index contributed by atoms with van der Waals surface area (Å²) in [4.78, 5) is 15.2. The van der Waals surface area contributed by atoms with Crippen LogP contribution in [-0.4, -0.2) is 49.7 Å². The standard InChI is InChI=1S/C29H34ClN3O3/c1-35-14-13-31-29(34)28-17-26(20-33(28)19-24-10-5-11-25(30)15-24)32-18-23-9-6-12-27(16-23)36-21-22-7-3-2-4-8-22/h2-12,15-16,26,28,32H,13-14,17-21H2,1H3,(H,31,34)/t26-,28+/m1/s1. The smallest absolute Gasteiger partial charge is 0.237 e. The van der Waals surface area contributed by atoms with E-state index in [4.69, 9.17) is 21.1 Å². The molecule has 7 heteroatoms. The summed E-state index contributed by atoms with van der Waals surface area (Å²) < 4.78 is 11.1. The molecular formula is C29H34ClN3O3. The normalized spacial score (nSPS) is 17.7. The van der Waals surface area contributed by atoms with E-state index in [-0.39, 0.29) is 18.0 Å². The minimum atomic E-state index is -0.209. The monoisotopic (exact) mass is 507 g/mol.